The highest BCUT2D eigenvalue weighted by atomic mass is 32.1. The zero-order chi connectivity index (χ0) is 11.4. The molecule has 0 saturated carbocycles. The lowest BCUT2D eigenvalue weighted by Crippen LogP contribution is -2.45. The van der Waals surface area contributed by atoms with Crippen LogP contribution in [0.5, 0.6) is 0 Å². The molecule has 5 heteroatoms. The minimum Gasteiger partial charge on any atom is -0.379 e. The summed E-state index contributed by atoms with van der Waals surface area (Å²) in [6, 6.07) is 0.549. The van der Waals surface area contributed by atoms with Crippen molar-refractivity contribution in [3.63, 3.8) is 0 Å². The minimum absolute atomic E-state index is 0.255. The van der Waals surface area contributed by atoms with Crippen LogP contribution in [0.3, 0.4) is 0 Å². The smallest absolute Gasteiger partial charge is 0.223 e. The predicted octanol–water partition coefficient (Wildman–Crippen LogP) is 0.239. The van der Waals surface area contributed by atoms with Gasteiger partial charge in [0.25, 0.3) is 0 Å². The third kappa shape index (κ3) is 2.90. The highest BCUT2D eigenvalue weighted by Crippen LogP contribution is 2.17. The zero-order valence-corrected chi connectivity index (χ0v) is 10.5. The first kappa shape index (κ1) is 12.2. The summed E-state index contributed by atoms with van der Waals surface area (Å²) in [6.45, 7) is 5.50. The number of amides is 1. The summed E-state index contributed by atoms with van der Waals surface area (Å²) in [4.78, 5) is 16.1. The second-order valence-corrected chi connectivity index (χ2v) is 4.85. The Morgan fingerprint density at radius 2 is 2.06 bits per heavy atom. The lowest BCUT2D eigenvalue weighted by Gasteiger charge is -2.32. The van der Waals surface area contributed by atoms with Crippen LogP contribution in [-0.2, 0) is 9.53 Å². The lowest BCUT2D eigenvalue weighted by molar-refractivity contribution is -0.129. The molecule has 2 saturated heterocycles. The van der Waals surface area contributed by atoms with Crippen LogP contribution in [0.25, 0.3) is 0 Å². The molecular weight excluding hydrogens is 224 g/mol. The molecule has 16 heavy (non-hydrogen) atoms. The first-order chi connectivity index (χ1) is 7.81. The third-order valence-corrected chi connectivity index (χ3v) is 3.63. The molecule has 1 unspecified atom stereocenters. The summed E-state index contributed by atoms with van der Waals surface area (Å²) in [5.41, 5.74) is 0. The maximum Gasteiger partial charge on any atom is 0.223 e. The molecule has 1 amide bonds. The van der Waals surface area contributed by atoms with Gasteiger partial charge in [0, 0.05) is 38.6 Å². The molecule has 2 aliphatic heterocycles. The Morgan fingerprint density at radius 3 is 2.75 bits per heavy atom. The van der Waals surface area contributed by atoms with Gasteiger partial charge in [-0.05, 0) is 12.2 Å². The molecule has 2 heterocycles. The Morgan fingerprint density at radius 1 is 1.31 bits per heavy atom. The summed E-state index contributed by atoms with van der Waals surface area (Å²) in [5, 5.41) is 0. The van der Waals surface area contributed by atoms with Crippen molar-refractivity contribution in [2.45, 2.75) is 18.9 Å². The molecule has 0 aromatic heterocycles. The van der Waals surface area contributed by atoms with E-state index >= 15 is 0 Å². The zero-order valence-electron chi connectivity index (χ0n) is 9.60. The molecule has 1 atom stereocenters. The van der Waals surface area contributed by atoms with Gasteiger partial charge < -0.3 is 9.64 Å². The fourth-order valence-electron chi connectivity index (χ4n) is 2.46. The molecule has 0 radical (unpaired) electrons. The number of carbonyl (C=O) groups is 1. The largest absolute Gasteiger partial charge is 0.379 e. The number of carbonyl (C=O) groups excluding carboxylic acids is 1. The average molecular weight is 244 g/mol. The number of rotatable bonds is 3. The molecule has 2 fully saturated rings. The summed E-state index contributed by atoms with van der Waals surface area (Å²) in [7, 11) is 0. The van der Waals surface area contributed by atoms with E-state index in [-0.39, 0.29) is 5.91 Å². The van der Waals surface area contributed by atoms with Crippen LogP contribution in [0.15, 0.2) is 0 Å². The van der Waals surface area contributed by atoms with Crippen molar-refractivity contribution in [1.82, 2.24) is 9.80 Å². The van der Waals surface area contributed by atoms with Crippen LogP contribution < -0.4 is 0 Å². The van der Waals surface area contributed by atoms with E-state index in [0.29, 0.717) is 18.2 Å². The van der Waals surface area contributed by atoms with Crippen molar-refractivity contribution >= 4 is 18.5 Å². The molecular formula is C11H20N2O2S. The van der Waals surface area contributed by atoms with E-state index in [9.17, 15) is 4.79 Å². The normalized spacial score (nSPS) is 27.3. The molecule has 0 spiro atoms. The molecule has 2 aliphatic rings. The number of hydrogen-bond donors (Lipinski definition) is 1. The maximum absolute atomic E-state index is 11.7. The maximum atomic E-state index is 11.7. The number of likely N-dealkylation sites (tertiary alicyclic amines) is 1. The molecule has 0 aliphatic carbocycles. The first-order valence-electron chi connectivity index (χ1n) is 6.01. The molecule has 4 nitrogen and oxygen atoms in total. The number of hydrogen-bond acceptors (Lipinski definition) is 4. The van der Waals surface area contributed by atoms with E-state index < -0.39 is 0 Å². The third-order valence-electron chi connectivity index (χ3n) is 3.40. The fourth-order valence-corrected chi connectivity index (χ4v) is 2.65. The Hall–Kier alpha value is -0.260. The van der Waals surface area contributed by atoms with Gasteiger partial charge in [0.1, 0.15) is 0 Å². The fraction of sp³-hybridized carbons (Fsp3) is 0.909. The molecule has 0 aromatic rings. The van der Waals surface area contributed by atoms with Crippen LogP contribution >= 0.6 is 12.6 Å². The number of nitrogens with zero attached hydrogens (tertiary/aromatic N) is 2. The van der Waals surface area contributed by atoms with E-state index in [2.05, 4.69) is 17.5 Å². The summed E-state index contributed by atoms with van der Waals surface area (Å²) in [5.74, 6) is 0.906. The van der Waals surface area contributed by atoms with Gasteiger partial charge >= 0.3 is 0 Å². The van der Waals surface area contributed by atoms with Gasteiger partial charge in [0.2, 0.25) is 5.91 Å². The number of ether oxygens (including phenoxy) is 1. The highest BCUT2D eigenvalue weighted by molar-refractivity contribution is 7.80. The second-order valence-electron chi connectivity index (χ2n) is 4.40. The van der Waals surface area contributed by atoms with Gasteiger partial charge in [0.05, 0.1) is 13.2 Å². The van der Waals surface area contributed by atoms with Gasteiger partial charge in [-0.15, -0.1) is 0 Å². The van der Waals surface area contributed by atoms with Gasteiger partial charge in [-0.1, -0.05) is 0 Å². The molecule has 0 N–H and O–H groups in total. The predicted molar refractivity (Wildman–Crippen MR) is 65.8 cm³/mol. The van der Waals surface area contributed by atoms with Crippen LogP contribution in [0, 0.1) is 0 Å². The highest BCUT2D eigenvalue weighted by Gasteiger charge is 2.30. The van der Waals surface area contributed by atoms with Gasteiger partial charge in [-0.2, -0.15) is 12.6 Å². The van der Waals surface area contributed by atoms with Gasteiger partial charge in [-0.3, -0.25) is 9.69 Å². The van der Waals surface area contributed by atoms with Crippen LogP contribution in [-0.4, -0.2) is 66.9 Å². The Balaban J connectivity index is 1.80. The van der Waals surface area contributed by atoms with E-state index in [4.69, 9.17) is 4.74 Å². The molecule has 0 aromatic carbocycles. The van der Waals surface area contributed by atoms with E-state index in [1.807, 2.05) is 4.90 Å². The number of thiol groups is 1. The van der Waals surface area contributed by atoms with Crippen LogP contribution in [0.4, 0.5) is 0 Å². The van der Waals surface area contributed by atoms with E-state index in [0.717, 1.165) is 45.8 Å². The Bertz CT molecular complexity index is 244. The van der Waals surface area contributed by atoms with Crippen molar-refractivity contribution in [2.24, 2.45) is 0 Å². The monoisotopic (exact) mass is 244 g/mol. The molecule has 2 rings (SSSR count). The van der Waals surface area contributed by atoms with Gasteiger partial charge in [-0.25, -0.2) is 0 Å². The summed E-state index contributed by atoms with van der Waals surface area (Å²) >= 11 is 4.10. The van der Waals surface area contributed by atoms with Crippen molar-refractivity contribution in [3.05, 3.63) is 0 Å². The summed E-state index contributed by atoms with van der Waals surface area (Å²) < 4.78 is 5.34. The van der Waals surface area contributed by atoms with Crippen LogP contribution in [0.1, 0.15) is 12.8 Å². The standard InChI is InChI=1S/C11H20N2O2S/c14-11(2-8-16)13-3-1-10(9-13)12-4-6-15-7-5-12/h10,16H,1-9H2. The molecule has 0 bridgehead atoms. The lowest BCUT2D eigenvalue weighted by atomic mass is 10.2. The quantitative estimate of drug-likeness (QED) is 0.722. The van der Waals surface area contributed by atoms with Crippen molar-refractivity contribution in [3.8, 4) is 0 Å². The van der Waals surface area contributed by atoms with Crippen LogP contribution in [0.2, 0.25) is 0 Å². The summed E-state index contributed by atoms with van der Waals surface area (Å²) in [6.07, 6.45) is 1.68. The Kier molecular flexibility index (Phi) is 4.49. The number of morpholine rings is 1. The average Bonchev–Trinajstić information content (AvgIpc) is 2.80. The van der Waals surface area contributed by atoms with E-state index in [1.54, 1.807) is 0 Å². The second kappa shape index (κ2) is 5.89. The van der Waals surface area contributed by atoms with Crippen molar-refractivity contribution < 1.29 is 9.53 Å². The molecule has 92 valence electrons. The SMILES string of the molecule is O=C(CCS)N1CCC(N2CCOCC2)C1. The van der Waals surface area contributed by atoms with E-state index in [1.165, 1.54) is 0 Å². The topological polar surface area (TPSA) is 32.8 Å². The first-order valence-corrected chi connectivity index (χ1v) is 6.65. The Labute approximate surface area is 102 Å². The van der Waals surface area contributed by atoms with Crippen molar-refractivity contribution in [1.29, 1.82) is 0 Å². The van der Waals surface area contributed by atoms with Crippen molar-refractivity contribution in [2.75, 3.05) is 45.1 Å². The minimum atomic E-state index is 0.255. The van der Waals surface area contributed by atoms with Gasteiger partial charge in [0.15, 0.2) is 0 Å².